The molecule has 0 N–H and O–H groups in total. The summed E-state index contributed by atoms with van der Waals surface area (Å²) in [5.74, 6) is 1.82. The molecule has 0 spiro atoms. The fraction of sp³-hybridized carbons (Fsp3) is 0.235. The number of ether oxygens (including phenoxy) is 1. The lowest BCUT2D eigenvalue weighted by atomic mass is 10.2. The van der Waals surface area contributed by atoms with Gasteiger partial charge >= 0.3 is 0 Å². The second kappa shape index (κ2) is 6.87. The lowest BCUT2D eigenvalue weighted by Gasteiger charge is -2.15. The number of hydrogen-bond acceptors (Lipinski definition) is 3. The molecule has 20 heavy (non-hydrogen) atoms. The third-order valence-electron chi connectivity index (χ3n) is 2.85. The van der Waals surface area contributed by atoms with Gasteiger partial charge < -0.3 is 4.74 Å². The number of hydrogen-bond donors (Lipinski definition) is 0. The van der Waals surface area contributed by atoms with E-state index < -0.39 is 0 Å². The largest absolute Gasteiger partial charge is 0.457 e. The van der Waals surface area contributed by atoms with Crippen molar-refractivity contribution in [3.05, 3.63) is 60.2 Å². The number of nitrogens with zero attached hydrogens (tertiary/aromatic N) is 1. The standard InChI is InChI=1S/C17H19NO2/c1-14(19)12-18(2)13-15-8-10-17(11-9-15)20-16-6-4-3-5-7-16/h3-11H,12-13H2,1-2H3. The zero-order chi connectivity index (χ0) is 14.4. The Balaban J connectivity index is 1.94. The van der Waals surface area contributed by atoms with E-state index in [9.17, 15) is 4.79 Å². The molecule has 0 amide bonds. The first-order valence-electron chi connectivity index (χ1n) is 6.63. The molecular formula is C17H19NO2. The molecule has 0 radical (unpaired) electrons. The SMILES string of the molecule is CC(=O)CN(C)Cc1ccc(Oc2ccccc2)cc1. The molecule has 2 rings (SSSR count). The first-order valence-corrected chi connectivity index (χ1v) is 6.63. The molecule has 0 aliphatic carbocycles. The summed E-state index contributed by atoms with van der Waals surface area (Å²) in [5, 5.41) is 0. The third-order valence-corrected chi connectivity index (χ3v) is 2.85. The predicted octanol–water partition coefficient (Wildman–Crippen LogP) is 3.50. The van der Waals surface area contributed by atoms with Crippen LogP contribution < -0.4 is 4.74 Å². The van der Waals surface area contributed by atoms with E-state index in [2.05, 4.69) is 0 Å². The third kappa shape index (κ3) is 4.52. The van der Waals surface area contributed by atoms with Crippen molar-refractivity contribution in [3.8, 4) is 11.5 Å². The molecule has 104 valence electrons. The Morgan fingerprint density at radius 1 is 1.00 bits per heavy atom. The summed E-state index contributed by atoms with van der Waals surface area (Å²) in [6, 6.07) is 17.6. The second-order valence-corrected chi connectivity index (χ2v) is 4.93. The summed E-state index contributed by atoms with van der Waals surface area (Å²) in [6.07, 6.45) is 0. The molecule has 0 aliphatic rings. The number of ketones is 1. The van der Waals surface area contributed by atoms with Gasteiger partial charge in [-0.3, -0.25) is 9.69 Å². The first kappa shape index (κ1) is 14.3. The Hall–Kier alpha value is -2.13. The molecule has 0 aliphatic heterocycles. The minimum absolute atomic E-state index is 0.177. The van der Waals surface area contributed by atoms with Gasteiger partial charge in [-0.15, -0.1) is 0 Å². The number of benzene rings is 2. The van der Waals surface area contributed by atoms with Gasteiger partial charge in [-0.25, -0.2) is 0 Å². The first-order chi connectivity index (χ1) is 9.63. The maximum absolute atomic E-state index is 11.0. The molecule has 0 aromatic heterocycles. The summed E-state index contributed by atoms with van der Waals surface area (Å²) in [5.41, 5.74) is 1.16. The van der Waals surface area contributed by atoms with Gasteiger partial charge in [0, 0.05) is 6.54 Å². The number of carbonyl (C=O) groups is 1. The van der Waals surface area contributed by atoms with E-state index in [-0.39, 0.29) is 5.78 Å². The monoisotopic (exact) mass is 269 g/mol. The smallest absolute Gasteiger partial charge is 0.143 e. The van der Waals surface area contributed by atoms with Gasteiger partial charge in [0.05, 0.1) is 6.54 Å². The molecule has 0 bridgehead atoms. The summed E-state index contributed by atoms with van der Waals surface area (Å²) >= 11 is 0. The minimum atomic E-state index is 0.177. The fourth-order valence-corrected chi connectivity index (χ4v) is 2.04. The summed E-state index contributed by atoms with van der Waals surface area (Å²) in [4.78, 5) is 13.0. The summed E-state index contributed by atoms with van der Waals surface area (Å²) in [7, 11) is 1.94. The van der Waals surface area contributed by atoms with Gasteiger partial charge in [0.1, 0.15) is 17.3 Å². The van der Waals surface area contributed by atoms with Gasteiger partial charge in [-0.1, -0.05) is 30.3 Å². The molecule has 0 saturated heterocycles. The Kier molecular flexibility index (Phi) is 4.91. The average molecular weight is 269 g/mol. The summed E-state index contributed by atoms with van der Waals surface area (Å²) in [6.45, 7) is 2.83. The van der Waals surface area contributed by atoms with Crippen molar-refractivity contribution in [3.63, 3.8) is 0 Å². The van der Waals surface area contributed by atoms with Gasteiger partial charge in [0.15, 0.2) is 0 Å². The van der Waals surface area contributed by atoms with E-state index in [4.69, 9.17) is 4.74 Å². The zero-order valence-electron chi connectivity index (χ0n) is 11.9. The van der Waals surface area contributed by atoms with Gasteiger partial charge in [0.25, 0.3) is 0 Å². The van der Waals surface area contributed by atoms with Crippen LogP contribution in [0.1, 0.15) is 12.5 Å². The van der Waals surface area contributed by atoms with Crippen LogP contribution >= 0.6 is 0 Å². The normalized spacial score (nSPS) is 10.6. The van der Waals surface area contributed by atoms with E-state index in [0.717, 1.165) is 23.6 Å². The van der Waals surface area contributed by atoms with Crippen LogP contribution in [0.25, 0.3) is 0 Å². The quantitative estimate of drug-likeness (QED) is 0.804. The lowest BCUT2D eigenvalue weighted by Crippen LogP contribution is -2.23. The van der Waals surface area contributed by atoms with Crippen LogP contribution in [-0.2, 0) is 11.3 Å². The van der Waals surface area contributed by atoms with Crippen molar-refractivity contribution in [1.82, 2.24) is 4.90 Å². The van der Waals surface area contributed by atoms with Crippen LogP contribution in [0.3, 0.4) is 0 Å². The van der Waals surface area contributed by atoms with Crippen molar-refractivity contribution in [1.29, 1.82) is 0 Å². The Labute approximate surface area is 119 Å². The number of rotatable bonds is 6. The molecule has 2 aromatic rings. The maximum Gasteiger partial charge on any atom is 0.143 e. The van der Waals surface area contributed by atoms with Crippen molar-refractivity contribution in [2.75, 3.05) is 13.6 Å². The van der Waals surface area contributed by atoms with Gasteiger partial charge in [-0.05, 0) is 43.8 Å². The highest BCUT2D eigenvalue weighted by molar-refractivity contribution is 5.77. The lowest BCUT2D eigenvalue weighted by molar-refractivity contribution is -0.117. The van der Waals surface area contributed by atoms with Crippen molar-refractivity contribution < 1.29 is 9.53 Å². The number of likely N-dealkylation sites (N-methyl/N-ethyl adjacent to an activating group) is 1. The Morgan fingerprint density at radius 2 is 1.60 bits per heavy atom. The highest BCUT2D eigenvalue weighted by atomic mass is 16.5. The number of Topliss-reactive ketones (excluding diaryl/α,β-unsaturated/α-hetero) is 1. The van der Waals surface area contributed by atoms with Crippen molar-refractivity contribution >= 4 is 5.78 Å². The van der Waals surface area contributed by atoms with Gasteiger partial charge in [0.2, 0.25) is 0 Å². The fourth-order valence-electron chi connectivity index (χ4n) is 2.04. The van der Waals surface area contributed by atoms with Crippen LogP contribution in [0.15, 0.2) is 54.6 Å². The van der Waals surface area contributed by atoms with Crippen LogP contribution in [0.5, 0.6) is 11.5 Å². The van der Waals surface area contributed by atoms with Crippen molar-refractivity contribution in [2.24, 2.45) is 0 Å². The van der Waals surface area contributed by atoms with E-state index in [1.54, 1.807) is 6.92 Å². The molecule has 0 unspecified atom stereocenters. The molecule has 2 aromatic carbocycles. The molecule has 3 nitrogen and oxygen atoms in total. The van der Waals surface area contributed by atoms with Crippen LogP contribution in [0, 0.1) is 0 Å². The van der Waals surface area contributed by atoms with E-state index >= 15 is 0 Å². The van der Waals surface area contributed by atoms with E-state index in [1.165, 1.54) is 0 Å². The summed E-state index contributed by atoms with van der Waals surface area (Å²) < 4.78 is 5.74. The topological polar surface area (TPSA) is 29.5 Å². The molecule has 3 heteroatoms. The Morgan fingerprint density at radius 3 is 2.20 bits per heavy atom. The van der Waals surface area contributed by atoms with Crippen LogP contribution in [-0.4, -0.2) is 24.3 Å². The molecule has 0 saturated carbocycles. The molecule has 0 heterocycles. The molecular weight excluding hydrogens is 250 g/mol. The second-order valence-electron chi connectivity index (χ2n) is 4.93. The predicted molar refractivity (Wildman–Crippen MR) is 80.0 cm³/mol. The maximum atomic E-state index is 11.0. The average Bonchev–Trinajstić information content (AvgIpc) is 2.41. The van der Waals surface area contributed by atoms with E-state index in [0.29, 0.717) is 6.54 Å². The zero-order valence-corrected chi connectivity index (χ0v) is 11.9. The van der Waals surface area contributed by atoms with E-state index in [1.807, 2.05) is 66.5 Å². The van der Waals surface area contributed by atoms with Crippen LogP contribution in [0.4, 0.5) is 0 Å². The minimum Gasteiger partial charge on any atom is -0.457 e. The van der Waals surface area contributed by atoms with Gasteiger partial charge in [-0.2, -0.15) is 0 Å². The number of carbonyl (C=O) groups excluding carboxylic acids is 1. The van der Waals surface area contributed by atoms with Crippen molar-refractivity contribution in [2.45, 2.75) is 13.5 Å². The van der Waals surface area contributed by atoms with Crippen LogP contribution in [0.2, 0.25) is 0 Å². The Bertz CT molecular complexity index is 549. The molecule has 0 fully saturated rings. The highest BCUT2D eigenvalue weighted by Gasteiger charge is 2.03. The highest BCUT2D eigenvalue weighted by Crippen LogP contribution is 2.21. The molecule has 0 atom stereocenters. The number of para-hydroxylation sites is 1.